The molecule has 3 fully saturated rings. The first kappa shape index (κ1) is 23.7. The highest BCUT2D eigenvalue weighted by Gasteiger charge is 2.47. The maximum atomic E-state index is 13.6. The molecule has 2 atom stereocenters. The molecular formula is C20H27F4N3O4. The first-order chi connectivity index (χ1) is 14.6. The number of rotatable bonds is 5. The molecule has 0 aromatic carbocycles. The van der Waals surface area contributed by atoms with Crippen molar-refractivity contribution in [1.29, 1.82) is 5.26 Å². The minimum Gasteiger partial charge on any atom is -0.457 e. The molecule has 7 nitrogen and oxygen atoms in total. The van der Waals surface area contributed by atoms with Gasteiger partial charge in [-0.15, -0.1) is 0 Å². The summed E-state index contributed by atoms with van der Waals surface area (Å²) in [5.74, 6) is -2.77. The Kier molecular flexibility index (Phi) is 7.11. The summed E-state index contributed by atoms with van der Waals surface area (Å²) < 4.78 is 61.4. The molecule has 0 unspecified atom stereocenters. The molecular weight excluding hydrogens is 422 g/mol. The average molecular weight is 449 g/mol. The Balaban J connectivity index is 1.65. The van der Waals surface area contributed by atoms with E-state index in [2.05, 4.69) is 10.1 Å². The first-order valence-corrected chi connectivity index (χ1v) is 10.5. The fourth-order valence-corrected chi connectivity index (χ4v) is 4.77. The van der Waals surface area contributed by atoms with Gasteiger partial charge in [0.15, 0.2) is 0 Å². The van der Waals surface area contributed by atoms with E-state index < -0.39 is 42.4 Å². The summed E-state index contributed by atoms with van der Waals surface area (Å²) in [4.78, 5) is 25.0. The molecule has 1 N–H and O–H groups in total. The SMILES string of the molecule is N#C[C@@H]1C[C@@H](F)CN1C(=O)CNC1(COC(=O)C(F)(F)F)CCC2(CCOCC2)CC1. The Morgan fingerprint density at radius 2 is 1.81 bits per heavy atom. The molecule has 0 aromatic rings. The summed E-state index contributed by atoms with van der Waals surface area (Å²) in [7, 11) is 0. The van der Waals surface area contributed by atoms with Crippen molar-refractivity contribution in [2.75, 3.05) is 32.9 Å². The van der Waals surface area contributed by atoms with Gasteiger partial charge < -0.3 is 14.4 Å². The summed E-state index contributed by atoms with van der Waals surface area (Å²) in [6.45, 7) is 0.300. The quantitative estimate of drug-likeness (QED) is 0.512. The Bertz CT molecular complexity index is 708. The summed E-state index contributed by atoms with van der Waals surface area (Å²) in [6, 6.07) is 1.04. The predicted molar refractivity (Wildman–Crippen MR) is 99.3 cm³/mol. The molecule has 1 saturated carbocycles. The van der Waals surface area contributed by atoms with Gasteiger partial charge in [0.2, 0.25) is 5.91 Å². The van der Waals surface area contributed by atoms with Crippen molar-refractivity contribution in [2.24, 2.45) is 5.41 Å². The Hall–Kier alpha value is -1.93. The number of carbonyl (C=O) groups excluding carboxylic acids is 2. The van der Waals surface area contributed by atoms with E-state index in [1.54, 1.807) is 0 Å². The highest BCUT2D eigenvalue weighted by atomic mass is 19.4. The number of alkyl halides is 4. The van der Waals surface area contributed by atoms with Crippen molar-refractivity contribution in [3.63, 3.8) is 0 Å². The minimum atomic E-state index is -5.10. The normalized spacial score (nSPS) is 27.6. The zero-order chi connectivity index (χ0) is 22.7. The van der Waals surface area contributed by atoms with Crippen LogP contribution in [0.3, 0.4) is 0 Å². The molecule has 2 saturated heterocycles. The van der Waals surface area contributed by atoms with Crippen molar-refractivity contribution < 1.29 is 36.6 Å². The number of nitrogens with one attached hydrogen (secondary N) is 1. The number of hydrogen-bond acceptors (Lipinski definition) is 6. The van der Waals surface area contributed by atoms with Crippen LogP contribution in [0.4, 0.5) is 17.6 Å². The fourth-order valence-electron chi connectivity index (χ4n) is 4.77. The molecule has 3 aliphatic rings. The number of nitrogens with zero attached hydrogens (tertiary/aromatic N) is 2. The van der Waals surface area contributed by atoms with E-state index in [0.29, 0.717) is 38.9 Å². The first-order valence-electron chi connectivity index (χ1n) is 10.5. The van der Waals surface area contributed by atoms with Gasteiger partial charge in [-0.1, -0.05) is 0 Å². The van der Waals surface area contributed by atoms with Crippen LogP contribution in [0.2, 0.25) is 0 Å². The van der Waals surface area contributed by atoms with Gasteiger partial charge >= 0.3 is 12.1 Å². The number of likely N-dealkylation sites (tertiary alicyclic amines) is 1. The van der Waals surface area contributed by atoms with Gasteiger partial charge in [0.1, 0.15) is 18.8 Å². The summed E-state index contributed by atoms with van der Waals surface area (Å²) in [5.41, 5.74) is -0.944. The van der Waals surface area contributed by atoms with Crippen LogP contribution in [0.25, 0.3) is 0 Å². The standard InChI is InChI=1S/C20H27F4N3O4/c21-14-9-15(10-25)27(12-14)16(28)11-26-19(13-31-17(29)20(22,23)24)3-1-18(2-4-19)5-7-30-8-6-18/h14-15,26H,1-9,11-13H2/t14-,15+/m1/s1. The number of hydrogen-bond donors (Lipinski definition) is 1. The van der Waals surface area contributed by atoms with Crippen LogP contribution in [0.1, 0.15) is 44.9 Å². The smallest absolute Gasteiger partial charge is 0.457 e. The second-order valence-electron chi connectivity index (χ2n) is 8.84. The lowest BCUT2D eigenvalue weighted by Crippen LogP contribution is -2.57. The number of ether oxygens (including phenoxy) is 2. The maximum absolute atomic E-state index is 13.6. The van der Waals surface area contributed by atoms with E-state index in [-0.39, 0.29) is 24.9 Å². The van der Waals surface area contributed by atoms with E-state index in [0.717, 1.165) is 17.7 Å². The van der Waals surface area contributed by atoms with Gasteiger partial charge in [-0.2, -0.15) is 18.4 Å². The number of esters is 1. The number of nitriles is 1. The molecule has 2 aliphatic heterocycles. The molecule has 0 bridgehead atoms. The van der Waals surface area contributed by atoms with Crippen molar-refractivity contribution in [2.45, 2.75) is 68.9 Å². The molecule has 1 spiro atoms. The third-order valence-corrected chi connectivity index (χ3v) is 6.87. The molecule has 0 radical (unpaired) electrons. The second-order valence-corrected chi connectivity index (χ2v) is 8.84. The molecule has 31 heavy (non-hydrogen) atoms. The van der Waals surface area contributed by atoms with Crippen LogP contribution in [0.15, 0.2) is 0 Å². The van der Waals surface area contributed by atoms with Crippen LogP contribution < -0.4 is 5.32 Å². The number of halogens is 4. The van der Waals surface area contributed by atoms with Gasteiger partial charge in [0.25, 0.3) is 0 Å². The zero-order valence-corrected chi connectivity index (χ0v) is 17.2. The fraction of sp³-hybridized carbons (Fsp3) is 0.850. The van der Waals surface area contributed by atoms with Crippen LogP contribution in [-0.4, -0.2) is 73.6 Å². The van der Waals surface area contributed by atoms with E-state index in [4.69, 9.17) is 10.00 Å². The van der Waals surface area contributed by atoms with Gasteiger partial charge in [0.05, 0.1) is 24.7 Å². The average Bonchev–Trinajstić information content (AvgIpc) is 3.13. The van der Waals surface area contributed by atoms with Crippen molar-refractivity contribution in [1.82, 2.24) is 10.2 Å². The summed E-state index contributed by atoms with van der Waals surface area (Å²) >= 11 is 0. The Morgan fingerprint density at radius 3 is 2.39 bits per heavy atom. The molecule has 1 amide bonds. The lowest BCUT2D eigenvalue weighted by atomic mass is 9.64. The molecule has 174 valence electrons. The van der Waals surface area contributed by atoms with E-state index in [1.165, 1.54) is 0 Å². The van der Waals surface area contributed by atoms with Crippen LogP contribution in [0, 0.1) is 16.7 Å². The topological polar surface area (TPSA) is 91.7 Å². The van der Waals surface area contributed by atoms with Gasteiger partial charge in [0, 0.05) is 19.6 Å². The Morgan fingerprint density at radius 1 is 1.16 bits per heavy atom. The lowest BCUT2D eigenvalue weighted by Gasteiger charge is -2.48. The van der Waals surface area contributed by atoms with Gasteiger partial charge in [-0.3, -0.25) is 10.1 Å². The number of carbonyl (C=O) groups is 2. The highest BCUT2D eigenvalue weighted by molar-refractivity contribution is 5.79. The second kappa shape index (κ2) is 9.28. The third kappa shape index (κ3) is 5.66. The van der Waals surface area contributed by atoms with Crippen LogP contribution in [0.5, 0.6) is 0 Å². The van der Waals surface area contributed by atoms with E-state index in [1.807, 2.05) is 6.07 Å². The van der Waals surface area contributed by atoms with Crippen molar-refractivity contribution >= 4 is 11.9 Å². The summed E-state index contributed by atoms with van der Waals surface area (Å²) in [6.07, 6.45) is -2.44. The molecule has 11 heteroatoms. The van der Waals surface area contributed by atoms with Crippen molar-refractivity contribution in [3.05, 3.63) is 0 Å². The molecule has 2 heterocycles. The van der Waals surface area contributed by atoms with Crippen LogP contribution in [-0.2, 0) is 19.1 Å². The zero-order valence-electron chi connectivity index (χ0n) is 17.2. The van der Waals surface area contributed by atoms with Crippen molar-refractivity contribution in [3.8, 4) is 6.07 Å². The predicted octanol–water partition coefficient (Wildman–Crippen LogP) is 2.25. The molecule has 1 aliphatic carbocycles. The largest absolute Gasteiger partial charge is 0.490 e. The maximum Gasteiger partial charge on any atom is 0.490 e. The lowest BCUT2D eigenvalue weighted by molar-refractivity contribution is -0.202. The monoisotopic (exact) mass is 449 g/mol. The third-order valence-electron chi connectivity index (χ3n) is 6.87. The highest BCUT2D eigenvalue weighted by Crippen LogP contribution is 2.47. The number of amides is 1. The molecule has 0 aromatic heterocycles. The molecule has 3 rings (SSSR count). The van der Waals surface area contributed by atoms with E-state index in [9.17, 15) is 27.2 Å². The van der Waals surface area contributed by atoms with Gasteiger partial charge in [-0.25, -0.2) is 9.18 Å². The van der Waals surface area contributed by atoms with Gasteiger partial charge in [-0.05, 0) is 43.9 Å². The van der Waals surface area contributed by atoms with E-state index >= 15 is 0 Å². The van der Waals surface area contributed by atoms with Crippen LogP contribution >= 0.6 is 0 Å². The summed E-state index contributed by atoms with van der Waals surface area (Å²) in [5, 5.41) is 12.1. The Labute approximate surface area is 178 Å². The minimum absolute atomic E-state index is 0.0454.